The summed E-state index contributed by atoms with van der Waals surface area (Å²) in [6, 6.07) is 11.2. The van der Waals surface area contributed by atoms with Gasteiger partial charge in [-0.2, -0.15) is 0 Å². The van der Waals surface area contributed by atoms with E-state index in [0.717, 1.165) is 58.0 Å². The normalized spacial score (nSPS) is 17.0. The monoisotopic (exact) mass is 346 g/mol. The second-order valence-electron chi connectivity index (χ2n) is 6.95. The smallest absolute Gasteiger partial charge is 0.191 e. The summed E-state index contributed by atoms with van der Waals surface area (Å²) in [6.45, 7) is 9.13. The van der Waals surface area contributed by atoms with Crippen LogP contribution in [-0.2, 0) is 11.3 Å². The SMILES string of the molecule is CN=C(NCCCOC(C)C)NC1CCN(Cc2ccccc2)CC1. The summed E-state index contributed by atoms with van der Waals surface area (Å²) in [6.07, 6.45) is 3.61. The fraction of sp³-hybridized carbons (Fsp3) is 0.650. The van der Waals surface area contributed by atoms with Gasteiger partial charge in [0.2, 0.25) is 0 Å². The van der Waals surface area contributed by atoms with Crippen LogP contribution < -0.4 is 10.6 Å². The molecule has 0 aliphatic carbocycles. The summed E-state index contributed by atoms with van der Waals surface area (Å²) in [4.78, 5) is 6.88. The van der Waals surface area contributed by atoms with Crippen molar-refractivity contribution < 1.29 is 4.74 Å². The molecular formula is C20H34N4O. The van der Waals surface area contributed by atoms with Crippen LogP contribution in [0.5, 0.6) is 0 Å². The number of likely N-dealkylation sites (tertiary alicyclic amines) is 1. The first-order valence-electron chi connectivity index (χ1n) is 9.52. The Morgan fingerprint density at radius 2 is 1.96 bits per heavy atom. The molecule has 5 nitrogen and oxygen atoms in total. The zero-order valence-electron chi connectivity index (χ0n) is 16.0. The molecule has 0 amide bonds. The minimum absolute atomic E-state index is 0.304. The highest BCUT2D eigenvalue weighted by atomic mass is 16.5. The molecule has 1 aromatic carbocycles. The van der Waals surface area contributed by atoms with E-state index in [1.807, 2.05) is 7.05 Å². The van der Waals surface area contributed by atoms with E-state index < -0.39 is 0 Å². The molecule has 0 aromatic heterocycles. The molecule has 0 bridgehead atoms. The molecule has 1 aliphatic heterocycles. The van der Waals surface area contributed by atoms with Crippen LogP contribution >= 0.6 is 0 Å². The van der Waals surface area contributed by atoms with Crippen LogP contribution in [0.4, 0.5) is 0 Å². The molecule has 0 saturated carbocycles. The second-order valence-corrected chi connectivity index (χ2v) is 6.95. The van der Waals surface area contributed by atoms with Gasteiger partial charge in [-0.25, -0.2) is 0 Å². The van der Waals surface area contributed by atoms with Crippen molar-refractivity contribution in [3.63, 3.8) is 0 Å². The molecule has 0 unspecified atom stereocenters. The molecule has 140 valence electrons. The Morgan fingerprint density at radius 3 is 2.60 bits per heavy atom. The number of nitrogens with zero attached hydrogens (tertiary/aromatic N) is 2. The number of nitrogens with one attached hydrogen (secondary N) is 2. The summed E-state index contributed by atoms with van der Waals surface area (Å²) < 4.78 is 5.56. The van der Waals surface area contributed by atoms with E-state index in [1.54, 1.807) is 0 Å². The van der Waals surface area contributed by atoms with Crippen molar-refractivity contribution in [2.75, 3.05) is 33.3 Å². The number of hydrogen-bond acceptors (Lipinski definition) is 3. The van der Waals surface area contributed by atoms with Crippen LogP contribution in [0.2, 0.25) is 0 Å². The molecule has 0 spiro atoms. The van der Waals surface area contributed by atoms with Gasteiger partial charge in [0.05, 0.1) is 6.10 Å². The first kappa shape index (κ1) is 19.7. The maximum absolute atomic E-state index is 5.56. The third-order valence-electron chi connectivity index (χ3n) is 4.47. The zero-order chi connectivity index (χ0) is 17.9. The average Bonchev–Trinajstić information content (AvgIpc) is 2.62. The van der Waals surface area contributed by atoms with Gasteiger partial charge in [-0.3, -0.25) is 9.89 Å². The second kappa shape index (κ2) is 11.1. The number of piperidine rings is 1. The van der Waals surface area contributed by atoms with Gasteiger partial charge >= 0.3 is 0 Å². The molecule has 0 radical (unpaired) electrons. The van der Waals surface area contributed by atoms with E-state index in [2.05, 4.69) is 64.7 Å². The molecular weight excluding hydrogens is 312 g/mol. The summed E-state index contributed by atoms with van der Waals surface area (Å²) in [5.74, 6) is 0.908. The number of hydrogen-bond donors (Lipinski definition) is 2. The molecule has 25 heavy (non-hydrogen) atoms. The summed E-state index contributed by atoms with van der Waals surface area (Å²) >= 11 is 0. The molecule has 0 atom stereocenters. The fourth-order valence-electron chi connectivity index (χ4n) is 3.06. The van der Waals surface area contributed by atoms with Gasteiger partial charge in [0.15, 0.2) is 5.96 Å². The van der Waals surface area contributed by atoms with Gasteiger partial charge in [0, 0.05) is 45.9 Å². The summed E-state index contributed by atoms with van der Waals surface area (Å²) in [7, 11) is 1.84. The van der Waals surface area contributed by atoms with Crippen molar-refractivity contribution in [1.82, 2.24) is 15.5 Å². The van der Waals surface area contributed by atoms with Crippen LogP contribution in [-0.4, -0.2) is 56.3 Å². The molecule has 1 saturated heterocycles. The van der Waals surface area contributed by atoms with Crippen LogP contribution in [0, 0.1) is 0 Å². The Balaban J connectivity index is 1.62. The lowest BCUT2D eigenvalue weighted by molar-refractivity contribution is 0.0776. The topological polar surface area (TPSA) is 48.9 Å². The predicted molar refractivity (Wildman–Crippen MR) is 105 cm³/mol. The molecule has 1 heterocycles. The van der Waals surface area contributed by atoms with Crippen molar-refractivity contribution in [1.29, 1.82) is 0 Å². The van der Waals surface area contributed by atoms with Gasteiger partial charge in [-0.1, -0.05) is 30.3 Å². The van der Waals surface area contributed by atoms with E-state index in [1.165, 1.54) is 5.56 Å². The third-order valence-corrected chi connectivity index (χ3v) is 4.47. The lowest BCUT2D eigenvalue weighted by Gasteiger charge is -2.33. The Hall–Kier alpha value is -1.59. The average molecular weight is 347 g/mol. The van der Waals surface area contributed by atoms with Crippen LogP contribution in [0.1, 0.15) is 38.7 Å². The van der Waals surface area contributed by atoms with Crippen LogP contribution in [0.15, 0.2) is 35.3 Å². The first-order chi connectivity index (χ1) is 12.2. The molecule has 1 aliphatic rings. The number of aliphatic imine (C=N–C) groups is 1. The number of ether oxygens (including phenoxy) is 1. The van der Waals surface area contributed by atoms with Crippen molar-refractivity contribution in [2.45, 2.75) is 51.8 Å². The van der Waals surface area contributed by atoms with Gasteiger partial charge in [-0.15, -0.1) is 0 Å². The standard InChI is InChI=1S/C20H34N4O/c1-17(2)25-15-7-12-22-20(21-3)23-19-10-13-24(14-11-19)16-18-8-5-4-6-9-18/h4-6,8-9,17,19H,7,10-16H2,1-3H3,(H2,21,22,23). The predicted octanol–water partition coefficient (Wildman–Crippen LogP) is 2.63. The lowest BCUT2D eigenvalue weighted by Crippen LogP contribution is -2.48. The maximum Gasteiger partial charge on any atom is 0.191 e. The van der Waals surface area contributed by atoms with Gasteiger partial charge in [0.25, 0.3) is 0 Å². The molecule has 1 aromatic rings. The largest absolute Gasteiger partial charge is 0.379 e. The Kier molecular flexibility index (Phi) is 8.77. The summed E-state index contributed by atoms with van der Waals surface area (Å²) in [5, 5.41) is 6.95. The molecule has 1 fully saturated rings. The highest BCUT2D eigenvalue weighted by Crippen LogP contribution is 2.13. The minimum Gasteiger partial charge on any atom is -0.379 e. The lowest BCUT2D eigenvalue weighted by atomic mass is 10.0. The van der Waals surface area contributed by atoms with E-state index in [-0.39, 0.29) is 0 Å². The number of guanidine groups is 1. The highest BCUT2D eigenvalue weighted by molar-refractivity contribution is 5.79. The summed E-state index contributed by atoms with van der Waals surface area (Å²) in [5.41, 5.74) is 1.40. The quantitative estimate of drug-likeness (QED) is 0.432. The Bertz CT molecular complexity index is 496. The van der Waals surface area contributed by atoms with Gasteiger partial charge in [-0.05, 0) is 38.7 Å². The number of benzene rings is 1. The van der Waals surface area contributed by atoms with Crippen molar-refractivity contribution in [2.24, 2.45) is 4.99 Å². The van der Waals surface area contributed by atoms with Crippen LogP contribution in [0.3, 0.4) is 0 Å². The Morgan fingerprint density at radius 1 is 1.24 bits per heavy atom. The Labute approximate surface area is 152 Å². The van der Waals surface area contributed by atoms with E-state index in [0.29, 0.717) is 12.1 Å². The van der Waals surface area contributed by atoms with E-state index in [4.69, 9.17) is 4.74 Å². The van der Waals surface area contributed by atoms with Crippen molar-refractivity contribution in [3.8, 4) is 0 Å². The third kappa shape index (κ3) is 7.88. The highest BCUT2D eigenvalue weighted by Gasteiger charge is 2.19. The molecule has 2 rings (SSSR count). The van der Waals surface area contributed by atoms with E-state index in [9.17, 15) is 0 Å². The fourth-order valence-corrected chi connectivity index (χ4v) is 3.06. The van der Waals surface area contributed by atoms with Gasteiger partial charge in [0.1, 0.15) is 0 Å². The molecule has 2 N–H and O–H groups in total. The van der Waals surface area contributed by atoms with Crippen molar-refractivity contribution in [3.05, 3.63) is 35.9 Å². The maximum atomic E-state index is 5.56. The zero-order valence-corrected chi connectivity index (χ0v) is 16.0. The molecule has 5 heteroatoms. The first-order valence-corrected chi connectivity index (χ1v) is 9.52. The van der Waals surface area contributed by atoms with Gasteiger partial charge < -0.3 is 15.4 Å². The van der Waals surface area contributed by atoms with Crippen LogP contribution in [0.25, 0.3) is 0 Å². The minimum atomic E-state index is 0.304. The number of rotatable bonds is 8. The van der Waals surface area contributed by atoms with Crippen molar-refractivity contribution >= 4 is 5.96 Å². The van der Waals surface area contributed by atoms with E-state index >= 15 is 0 Å².